The molecule has 1 aliphatic heterocycles. The first-order chi connectivity index (χ1) is 5.25. The summed E-state index contributed by atoms with van der Waals surface area (Å²) in [6.45, 7) is 2.00. The van der Waals surface area contributed by atoms with E-state index < -0.39 is 0 Å². The summed E-state index contributed by atoms with van der Waals surface area (Å²) in [6.07, 6.45) is 0.428. The lowest BCUT2D eigenvalue weighted by molar-refractivity contribution is -0.391. The van der Waals surface area contributed by atoms with Crippen LogP contribution < -0.4 is 0 Å². The quantitative estimate of drug-likeness (QED) is 0.331. The number of hydroxylamine groups is 2. The van der Waals surface area contributed by atoms with E-state index in [-0.39, 0.29) is 24.7 Å². The maximum atomic E-state index is 10.8. The first-order valence-electron chi connectivity index (χ1n) is 3.41. The minimum Gasteiger partial charge on any atom is -0.272 e. The first-order valence-corrected chi connectivity index (χ1v) is 3.41. The largest absolute Gasteiger partial charge is 0.272 e. The van der Waals surface area contributed by atoms with Crippen LogP contribution in [0.1, 0.15) is 19.8 Å². The molecule has 0 aliphatic carbocycles. The van der Waals surface area contributed by atoms with Crippen LogP contribution in [0.2, 0.25) is 0 Å². The second-order valence-electron chi connectivity index (χ2n) is 2.06. The van der Waals surface area contributed by atoms with E-state index in [4.69, 9.17) is 0 Å². The Labute approximate surface area is 63.8 Å². The Morgan fingerprint density at radius 3 is 2.36 bits per heavy atom. The first kappa shape index (κ1) is 8.16. The predicted octanol–water partition coefficient (Wildman–Crippen LogP) is 0.0185. The van der Waals surface area contributed by atoms with Gasteiger partial charge in [0.25, 0.3) is 11.8 Å². The summed E-state index contributed by atoms with van der Waals surface area (Å²) in [5, 5.41) is 0.656. The number of hydrogen-bond donors (Lipinski definition) is 0. The van der Waals surface area contributed by atoms with Gasteiger partial charge in [0.15, 0.2) is 0 Å². The maximum Gasteiger partial charge on any atom is 0.256 e. The molecule has 1 heterocycles. The van der Waals surface area contributed by atoms with Crippen molar-refractivity contribution < 1.29 is 19.5 Å². The summed E-state index contributed by atoms with van der Waals surface area (Å²) in [5.74, 6) is -0.688. The van der Waals surface area contributed by atoms with Crippen molar-refractivity contribution in [2.75, 3.05) is 6.61 Å². The van der Waals surface area contributed by atoms with Gasteiger partial charge in [0.1, 0.15) is 0 Å². The molecule has 62 valence electrons. The smallest absolute Gasteiger partial charge is 0.256 e. The average molecular weight is 159 g/mol. The fraction of sp³-hybridized carbons (Fsp3) is 0.667. The van der Waals surface area contributed by atoms with E-state index >= 15 is 0 Å². The van der Waals surface area contributed by atoms with E-state index in [1.165, 1.54) is 0 Å². The standard InChI is InChI=1S/C6H9NO4/c1-2-10-11-7-5(8)3-4-6(7)9/h2-4H2,1H3. The summed E-state index contributed by atoms with van der Waals surface area (Å²) in [5.41, 5.74) is 0. The maximum absolute atomic E-state index is 10.8. The number of nitrogens with zero attached hydrogens (tertiary/aromatic N) is 1. The predicted molar refractivity (Wildman–Crippen MR) is 33.8 cm³/mol. The lowest BCUT2D eigenvalue weighted by atomic mass is 10.4. The molecule has 0 radical (unpaired) electrons. The van der Waals surface area contributed by atoms with Gasteiger partial charge in [-0.3, -0.25) is 9.59 Å². The molecule has 0 aromatic carbocycles. The highest BCUT2D eigenvalue weighted by molar-refractivity contribution is 6.00. The molecular formula is C6H9NO4. The SMILES string of the molecule is CCOON1C(=O)CCC1=O. The highest BCUT2D eigenvalue weighted by Crippen LogP contribution is 2.11. The van der Waals surface area contributed by atoms with Crippen LogP contribution in [0.25, 0.3) is 0 Å². The molecule has 0 unspecified atom stereocenters. The van der Waals surface area contributed by atoms with E-state index in [0.717, 1.165) is 0 Å². The molecule has 0 N–H and O–H groups in total. The Morgan fingerprint density at radius 1 is 1.36 bits per heavy atom. The minimum absolute atomic E-state index is 0.214. The number of carbonyl (C=O) groups is 2. The average Bonchev–Trinajstić information content (AvgIpc) is 2.29. The molecule has 0 aromatic rings. The molecule has 5 nitrogen and oxygen atoms in total. The second kappa shape index (κ2) is 3.45. The van der Waals surface area contributed by atoms with Crippen molar-refractivity contribution in [1.82, 2.24) is 5.06 Å². The van der Waals surface area contributed by atoms with Gasteiger partial charge in [0, 0.05) is 12.8 Å². The van der Waals surface area contributed by atoms with Gasteiger partial charge in [0.05, 0.1) is 6.61 Å². The summed E-state index contributed by atoms with van der Waals surface area (Å²) in [7, 11) is 0. The van der Waals surface area contributed by atoms with Crippen LogP contribution in [0.15, 0.2) is 0 Å². The van der Waals surface area contributed by atoms with Crippen LogP contribution in [0.4, 0.5) is 0 Å². The molecule has 1 rings (SSSR count). The third-order valence-corrected chi connectivity index (χ3v) is 1.25. The third kappa shape index (κ3) is 1.75. The van der Waals surface area contributed by atoms with Crippen molar-refractivity contribution in [3.05, 3.63) is 0 Å². The molecule has 0 spiro atoms. The van der Waals surface area contributed by atoms with E-state index in [9.17, 15) is 9.59 Å². The Bertz CT molecular complexity index is 163. The Morgan fingerprint density at radius 2 is 1.91 bits per heavy atom. The molecule has 11 heavy (non-hydrogen) atoms. The van der Waals surface area contributed by atoms with Gasteiger partial charge in [0.2, 0.25) is 0 Å². The minimum atomic E-state index is -0.344. The second-order valence-corrected chi connectivity index (χ2v) is 2.06. The van der Waals surface area contributed by atoms with Gasteiger partial charge < -0.3 is 0 Å². The third-order valence-electron chi connectivity index (χ3n) is 1.25. The van der Waals surface area contributed by atoms with Crippen molar-refractivity contribution in [3.63, 3.8) is 0 Å². The van der Waals surface area contributed by atoms with Crippen molar-refractivity contribution >= 4 is 11.8 Å². The van der Waals surface area contributed by atoms with Gasteiger partial charge in [-0.1, -0.05) is 0 Å². The topological polar surface area (TPSA) is 55.8 Å². The zero-order valence-corrected chi connectivity index (χ0v) is 6.20. The van der Waals surface area contributed by atoms with Gasteiger partial charge >= 0.3 is 0 Å². The number of hydrogen-bond acceptors (Lipinski definition) is 4. The molecule has 1 fully saturated rings. The Kier molecular flexibility index (Phi) is 2.56. The number of rotatable bonds is 3. The van der Waals surface area contributed by atoms with Crippen LogP contribution in [-0.2, 0) is 19.5 Å². The van der Waals surface area contributed by atoms with E-state index in [2.05, 4.69) is 9.88 Å². The van der Waals surface area contributed by atoms with Gasteiger partial charge in [-0.25, -0.2) is 4.89 Å². The summed E-state index contributed by atoms with van der Waals surface area (Å²) >= 11 is 0. The van der Waals surface area contributed by atoms with Gasteiger partial charge in [-0.2, -0.15) is 0 Å². The van der Waals surface area contributed by atoms with E-state index in [1.807, 2.05) is 0 Å². The lowest BCUT2D eigenvalue weighted by Crippen LogP contribution is -2.29. The summed E-state index contributed by atoms with van der Waals surface area (Å²) in [4.78, 5) is 30.4. The van der Waals surface area contributed by atoms with Crippen LogP contribution in [-0.4, -0.2) is 23.5 Å². The van der Waals surface area contributed by atoms with Crippen LogP contribution >= 0.6 is 0 Å². The number of carbonyl (C=O) groups excluding carboxylic acids is 2. The molecule has 0 aromatic heterocycles. The molecule has 0 saturated carbocycles. The van der Waals surface area contributed by atoms with Crippen LogP contribution in [0.5, 0.6) is 0 Å². The molecular weight excluding hydrogens is 150 g/mol. The van der Waals surface area contributed by atoms with Crippen molar-refractivity contribution in [2.24, 2.45) is 0 Å². The normalized spacial score (nSPS) is 18.1. The summed E-state index contributed by atoms with van der Waals surface area (Å²) in [6, 6.07) is 0. The fourth-order valence-corrected chi connectivity index (χ4v) is 0.745. The molecule has 5 heteroatoms. The zero-order valence-electron chi connectivity index (χ0n) is 6.20. The molecule has 1 aliphatic rings. The van der Waals surface area contributed by atoms with Crippen LogP contribution in [0, 0.1) is 0 Å². The Hall–Kier alpha value is -0.940. The highest BCUT2D eigenvalue weighted by Gasteiger charge is 2.30. The molecule has 1 saturated heterocycles. The highest BCUT2D eigenvalue weighted by atomic mass is 17.3. The van der Waals surface area contributed by atoms with Gasteiger partial charge in [-0.15, -0.1) is 10.1 Å². The zero-order chi connectivity index (χ0) is 8.27. The lowest BCUT2D eigenvalue weighted by Gasteiger charge is -2.09. The van der Waals surface area contributed by atoms with Gasteiger partial charge in [-0.05, 0) is 6.92 Å². The Balaban J connectivity index is 2.41. The molecule has 0 bridgehead atoms. The van der Waals surface area contributed by atoms with E-state index in [1.54, 1.807) is 6.92 Å². The number of amides is 2. The fourth-order valence-electron chi connectivity index (χ4n) is 0.745. The summed E-state index contributed by atoms with van der Waals surface area (Å²) < 4.78 is 0. The molecule has 2 amide bonds. The number of imide groups is 1. The van der Waals surface area contributed by atoms with E-state index in [0.29, 0.717) is 11.7 Å². The molecule has 0 atom stereocenters. The van der Waals surface area contributed by atoms with Crippen molar-refractivity contribution in [2.45, 2.75) is 19.8 Å². The van der Waals surface area contributed by atoms with Crippen LogP contribution in [0.3, 0.4) is 0 Å². The monoisotopic (exact) mass is 159 g/mol. The van der Waals surface area contributed by atoms with Crippen molar-refractivity contribution in [1.29, 1.82) is 0 Å². The van der Waals surface area contributed by atoms with Crippen molar-refractivity contribution in [3.8, 4) is 0 Å².